The fraction of sp³-hybridized carbons (Fsp3) is 0.400. The maximum Gasteiger partial charge on any atom is 0.407 e. The van der Waals surface area contributed by atoms with Crippen LogP contribution in [0.15, 0.2) is 48.5 Å². The second-order valence-electron chi connectivity index (χ2n) is 8.34. The van der Waals surface area contributed by atoms with Crippen molar-refractivity contribution in [3.8, 4) is 11.1 Å². The molecule has 1 aliphatic carbocycles. The molecule has 1 fully saturated rings. The standard InChI is InChI=1S/C25H28N2O5S/c28-23(29)12-11-22(24(30)26-14-16-6-5-13-33-16)27-25(31)32-15-21-19-9-3-1-7-17(19)18-8-2-4-10-20(18)21/h1-4,7-10,16,21-22H,5-6,11-15H2,(H,26,30)(H,27,31)(H,28,29). The van der Waals surface area contributed by atoms with Gasteiger partial charge in [0.1, 0.15) is 12.6 Å². The molecule has 0 radical (unpaired) electrons. The number of hydrogen-bond donors (Lipinski definition) is 3. The highest BCUT2D eigenvalue weighted by molar-refractivity contribution is 8.00. The Kier molecular flexibility index (Phi) is 7.54. The van der Waals surface area contributed by atoms with Crippen LogP contribution in [0.4, 0.5) is 4.79 Å². The fourth-order valence-electron chi connectivity index (χ4n) is 4.46. The molecule has 174 valence electrons. The van der Waals surface area contributed by atoms with Gasteiger partial charge in [0.05, 0.1) is 0 Å². The van der Waals surface area contributed by atoms with Gasteiger partial charge in [0.15, 0.2) is 0 Å². The zero-order valence-electron chi connectivity index (χ0n) is 18.3. The molecule has 0 saturated carbocycles. The SMILES string of the molecule is O=C(O)CCC(NC(=O)OCC1c2ccccc2-c2ccccc21)C(=O)NCC1CCCS1. The van der Waals surface area contributed by atoms with Crippen molar-refractivity contribution in [2.24, 2.45) is 0 Å². The van der Waals surface area contributed by atoms with Gasteiger partial charge in [-0.3, -0.25) is 9.59 Å². The molecule has 1 saturated heterocycles. The number of hydrogen-bond acceptors (Lipinski definition) is 5. The molecule has 2 aromatic carbocycles. The van der Waals surface area contributed by atoms with E-state index in [1.54, 1.807) is 0 Å². The Hall–Kier alpha value is -3.00. The predicted molar refractivity (Wildman–Crippen MR) is 127 cm³/mol. The van der Waals surface area contributed by atoms with Crippen LogP contribution in [0.2, 0.25) is 0 Å². The van der Waals surface area contributed by atoms with E-state index in [1.807, 2.05) is 48.2 Å². The number of aliphatic carboxylic acids is 1. The number of carbonyl (C=O) groups excluding carboxylic acids is 2. The molecule has 8 heteroatoms. The van der Waals surface area contributed by atoms with Crippen molar-refractivity contribution in [3.63, 3.8) is 0 Å². The van der Waals surface area contributed by atoms with E-state index in [4.69, 9.17) is 9.84 Å². The minimum Gasteiger partial charge on any atom is -0.481 e. The lowest BCUT2D eigenvalue weighted by atomic mass is 9.98. The maximum atomic E-state index is 12.7. The summed E-state index contributed by atoms with van der Waals surface area (Å²) in [5.74, 6) is -0.402. The first-order valence-electron chi connectivity index (χ1n) is 11.3. The van der Waals surface area contributed by atoms with Crippen LogP contribution in [0.5, 0.6) is 0 Å². The molecular weight excluding hydrogens is 440 g/mol. The van der Waals surface area contributed by atoms with Gasteiger partial charge >= 0.3 is 12.1 Å². The molecular formula is C25H28N2O5S. The number of thioether (sulfide) groups is 1. The largest absolute Gasteiger partial charge is 0.481 e. The van der Waals surface area contributed by atoms with Gasteiger partial charge in [0, 0.05) is 24.1 Å². The number of alkyl carbamates (subject to hydrolysis) is 1. The van der Waals surface area contributed by atoms with Gasteiger partial charge in [-0.25, -0.2) is 4.79 Å². The van der Waals surface area contributed by atoms with Crippen molar-refractivity contribution in [2.45, 2.75) is 42.9 Å². The van der Waals surface area contributed by atoms with Gasteiger partial charge in [-0.05, 0) is 47.3 Å². The molecule has 7 nitrogen and oxygen atoms in total. The van der Waals surface area contributed by atoms with Crippen LogP contribution in [0.3, 0.4) is 0 Å². The third-order valence-electron chi connectivity index (χ3n) is 6.13. The van der Waals surface area contributed by atoms with Gasteiger partial charge in [-0.15, -0.1) is 0 Å². The van der Waals surface area contributed by atoms with Crippen molar-refractivity contribution in [2.75, 3.05) is 18.9 Å². The third kappa shape index (κ3) is 5.68. The number of rotatable bonds is 9. The van der Waals surface area contributed by atoms with E-state index in [2.05, 4.69) is 22.8 Å². The average molecular weight is 469 g/mol. The topological polar surface area (TPSA) is 105 Å². The van der Waals surface area contributed by atoms with E-state index >= 15 is 0 Å². The molecule has 3 N–H and O–H groups in total. The molecule has 2 unspecified atom stereocenters. The molecule has 2 aromatic rings. The minimum absolute atomic E-state index is 0.00315. The minimum atomic E-state index is -1.02. The second kappa shape index (κ2) is 10.7. The number of carbonyl (C=O) groups is 3. The lowest BCUT2D eigenvalue weighted by Gasteiger charge is -2.20. The number of fused-ring (bicyclic) bond motifs is 3. The lowest BCUT2D eigenvalue weighted by molar-refractivity contribution is -0.137. The Bertz CT molecular complexity index is 976. The number of carboxylic acids is 1. The zero-order valence-corrected chi connectivity index (χ0v) is 19.1. The Labute approximate surface area is 197 Å². The van der Waals surface area contributed by atoms with Gasteiger partial charge in [-0.1, -0.05) is 48.5 Å². The van der Waals surface area contributed by atoms with Gasteiger partial charge in [0.25, 0.3) is 0 Å². The first-order chi connectivity index (χ1) is 16.0. The summed E-state index contributed by atoms with van der Waals surface area (Å²) < 4.78 is 5.52. The van der Waals surface area contributed by atoms with Gasteiger partial charge in [-0.2, -0.15) is 11.8 Å². The molecule has 0 bridgehead atoms. The van der Waals surface area contributed by atoms with Crippen LogP contribution >= 0.6 is 11.8 Å². The lowest BCUT2D eigenvalue weighted by Crippen LogP contribution is -2.48. The quantitative estimate of drug-likeness (QED) is 0.518. The van der Waals surface area contributed by atoms with Crippen molar-refractivity contribution in [1.29, 1.82) is 0 Å². The number of benzene rings is 2. The summed E-state index contributed by atoms with van der Waals surface area (Å²) in [7, 11) is 0. The molecule has 2 aliphatic rings. The van der Waals surface area contributed by atoms with Crippen molar-refractivity contribution < 1.29 is 24.2 Å². The molecule has 0 spiro atoms. The van der Waals surface area contributed by atoms with E-state index in [0.29, 0.717) is 11.8 Å². The fourth-order valence-corrected chi connectivity index (χ4v) is 5.66. The highest BCUT2D eigenvalue weighted by Gasteiger charge is 2.30. The van der Waals surface area contributed by atoms with Crippen LogP contribution in [0.1, 0.15) is 42.7 Å². The van der Waals surface area contributed by atoms with Gasteiger partial charge in [0.2, 0.25) is 5.91 Å². The first kappa shape index (κ1) is 23.2. The smallest absolute Gasteiger partial charge is 0.407 e. The Morgan fingerprint density at radius 1 is 1.06 bits per heavy atom. The maximum absolute atomic E-state index is 12.7. The van der Waals surface area contributed by atoms with E-state index < -0.39 is 18.1 Å². The highest BCUT2D eigenvalue weighted by atomic mass is 32.2. The normalized spacial score (nSPS) is 17.6. The second-order valence-corrected chi connectivity index (χ2v) is 9.74. The summed E-state index contributed by atoms with van der Waals surface area (Å²) in [5.41, 5.74) is 4.46. The number of nitrogens with one attached hydrogen (secondary N) is 2. The van der Waals surface area contributed by atoms with Crippen LogP contribution in [0.25, 0.3) is 11.1 Å². The average Bonchev–Trinajstić information content (AvgIpc) is 3.45. The van der Waals surface area contributed by atoms with Crippen LogP contribution < -0.4 is 10.6 Å². The summed E-state index contributed by atoms with van der Waals surface area (Å²) in [5, 5.41) is 14.8. The molecule has 2 amide bonds. The van der Waals surface area contributed by atoms with E-state index in [1.165, 1.54) is 0 Å². The predicted octanol–water partition coefficient (Wildman–Crippen LogP) is 3.77. The number of ether oxygens (including phenoxy) is 1. The summed E-state index contributed by atoms with van der Waals surface area (Å²) in [4.78, 5) is 36.3. The van der Waals surface area contributed by atoms with E-state index in [-0.39, 0.29) is 31.3 Å². The Balaban J connectivity index is 1.37. The van der Waals surface area contributed by atoms with Crippen molar-refractivity contribution in [3.05, 3.63) is 59.7 Å². The molecule has 1 heterocycles. The molecule has 0 aromatic heterocycles. The van der Waals surface area contributed by atoms with Crippen LogP contribution in [0, 0.1) is 0 Å². The molecule has 33 heavy (non-hydrogen) atoms. The number of carboxylic acid groups (broad SMARTS) is 1. The summed E-state index contributed by atoms with van der Waals surface area (Å²) in [6.45, 7) is 0.644. The van der Waals surface area contributed by atoms with Crippen LogP contribution in [-0.4, -0.2) is 53.3 Å². The monoisotopic (exact) mass is 468 g/mol. The van der Waals surface area contributed by atoms with E-state index in [9.17, 15) is 14.4 Å². The van der Waals surface area contributed by atoms with E-state index in [0.717, 1.165) is 40.8 Å². The van der Waals surface area contributed by atoms with Crippen LogP contribution in [-0.2, 0) is 14.3 Å². The molecule has 4 rings (SSSR count). The molecule has 2 atom stereocenters. The summed E-state index contributed by atoms with van der Waals surface area (Å²) in [6.07, 6.45) is 1.23. The Morgan fingerprint density at radius 3 is 2.33 bits per heavy atom. The first-order valence-corrected chi connectivity index (χ1v) is 12.3. The Morgan fingerprint density at radius 2 is 1.73 bits per heavy atom. The third-order valence-corrected chi connectivity index (χ3v) is 7.53. The summed E-state index contributed by atoms with van der Waals surface area (Å²) >= 11 is 1.82. The summed E-state index contributed by atoms with van der Waals surface area (Å²) in [6, 6.07) is 15.1. The zero-order chi connectivity index (χ0) is 23.2. The molecule has 1 aliphatic heterocycles. The van der Waals surface area contributed by atoms with Gasteiger partial charge < -0.3 is 20.5 Å². The van der Waals surface area contributed by atoms with Crippen molar-refractivity contribution in [1.82, 2.24) is 10.6 Å². The highest BCUT2D eigenvalue weighted by Crippen LogP contribution is 2.44. The van der Waals surface area contributed by atoms with Crippen molar-refractivity contribution >= 4 is 29.7 Å². The number of amides is 2.